The van der Waals surface area contributed by atoms with Crippen LogP contribution in [0.4, 0.5) is 0 Å². The summed E-state index contributed by atoms with van der Waals surface area (Å²) in [6, 6.07) is 0. The predicted molar refractivity (Wildman–Crippen MR) is 64.4 cm³/mol. The SMILES string of the molecule is CC[C@](C)(CO)NC(=O)CN1CCCCC1=O. The number of likely N-dealkylation sites (tertiary alicyclic amines) is 1. The van der Waals surface area contributed by atoms with Gasteiger partial charge in [-0.25, -0.2) is 0 Å². The van der Waals surface area contributed by atoms with E-state index >= 15 is 0 Å². The van der Waals surface area contributed by atoms with Gasteiger partial charge in [-0.1, -0.05) is 6.92 Å². The van der Waals surface area contributed by atoms with E-state index in [-0.39, 0.29) is 25.0 Å². The topological polar surface area (TPSA) is 69.6 Å². The molecule has 1 aliphatic rings. The maximum absolute atomic E-state index is 11.8. The van der Waals surface area contributed by atoms with Gasteiger partial charge in [0.05, 0.1) is 18.7 Å². The molecule has 0 spiro atoms. The van der Waals surface area contributed by atoms with Gasteiger partial charge in [-0.15, -0.1) is 0 Å². The van der Waals surface area contributed by atoms with Gasteiger partial charge >= 0.3 is 0 Å². The molecule has 0 aromatic rings. The second-order valence-electron chi connectivity index (χ2n) is 4.89. The molecular weight excluding hydrogens is 220 g/mol. The molecule has 1 rings (SSSR count). The number of nitrogens with one attached hydrogen (secondary N) is 1. The van der Waals surface area contributed by atoms with Crippen LogP contribution in [-0.4, -0.2) is 47.1 Å². The lowest BCUT2D eigenvalue weighted by Crippen LogP contribution is -2.52. The Morgan fingerprint density at radius 2 is 2.24 bits per heavy atom. The fraction of sp³-hybridized carbons (Fsp3) is 0.833. The molecule has 0 saturated carbocycles. The van der Waals surface area contributed by atoms with Crippen LogP contribution in [0.1, 0.15) is 39.5 Å². The lowest BCUT2D eigenvalue weighted by atomic mass is 10.0. The van der Waals surface area contributed by atoms with Crippen molar-refractivity contribution in [2.24, 2.45) is 0 Å². The number of aliphatic hydroxyl groups is 1. The van der Waals surface area contributed by atoms with Crippen LogP contribution in [0.3, 0.4) is 0 Å². The van der Waals surface area contributed by atoms with Crippen LogP contribution < -0.4 is 5.32 Å². The summed E-state index contributed by atoms with van der Waals surface area (Å²) in [6.45, 7) is 4.37. The van der Waals surface area contributed by atoms with Crippen molar-refractivity contribution in [1.82, 2.24) is 10.2 Å². The summed E-state index contributed by atoms with van der Waals surface area (Å²) in [5.74, 6) is -0.146. The fourth-order valence-electron chi connectivity index (χ4n) is 1.82. The zero-order chi connectivity index (χ0) is 12.9. The summed E-state index contributed by atoms with van der Waals surface area (Å²) in [7, 11) is 0. The van der Waals surface area contributed by atoms with E-state index in [1.54, 1.807) is 11.8 Å². The number of carbonyl (C=O) groups excluding carboxylic acids is 2. The van der Waals surface area contributed by atoms with Gasteiger partial charge in [0, 0.05) is 13.0 Å². The van der Waals surface area contributed by atoms with Crippen LogP contribution in [0.2, 0.25) is 0 Å². The molecule has 0 aliphatic carbocycles. The number of hydrogen-bond acceptors (Lipinski definition) is 3. The molecule has 0 unspecified atom stereocenters. The van der Waals surface area contributed by atoms with Crippen LogP contribution in [0, 0.1) is 0 Å². The number of nitrogens with zero attached hydrogens (tertiary/aromatic N) is 1. The molecule has 1 atom stereocenters. The Kier molecular flexibility index (Phi) is 4.93. The second-order valence-corrected chi connectivity index (χ2v) is 4.89. The molecule has 2 N–H and O–H groups in total. The standard InChI is InChI=1S/C12H22N2O3/c1-3-12(2,9-15)13-10(16)8-14-7-5-4-6-11(14)17/h15H,3-9H2,1-2H3,(H,13,16)/t12-/m1/s1. The summed E-state index contributed by atoms with van der Waals surface area (Å²) in [5, 5.41) is 12.0. The maximum Gasteiger partial charge on any atom is 0.240 e. The van der Waals surface area contributed by atoms with Crippen LogP contribution in [0.25, 0.3) is 0 Å². The zero-order valence-corrected chi connectivity index (χ0v) is 10.7. The Morgan fingerprint density at radius 1 is 1.53 bits per heavy atom. The minimum Gasteiger partial charge on any atom is -0.394 e. The number of rotatable bonds is 5. The van der Waals surface area contributed by atoms with E-state index in [0.29, 0.717) is 19.4 Å². The number of aliphatic hydroxyl groups excluding tert-OH is 1. The van der Waals surface area contributed by atoms with Crippen LogP contribution >= 0.6 is 0 Å². The Labute approximate surface area is 102 Å². The minimum absolute atomic E-state index is 0.0496. The van der Waals surface area contributed by atoms with Crippen LogP contribution in [0.5, 0.6) is 0 Å². The normalized spacial score (nSPS) is 19.9. The number of carbonyl (C=O) groups is 2. The average molecular weight is 242 g/mol. The molecular formula is C12H22N2O3. The lowest BCUT2D eigenvalue weighted by Gasteiger charge is -2.30. The van der Waals surface area contributed by atoms with Crippen LogP contribution in [0.15, 0.2) is 0 Å². The summed E-state index contributed by atoms with van der Waals surface area (Å²) in [4.78, 5) is 24.9. The molecule has 1 aliphatic heterocycles. The molecule has 5 heteroatoms. The van der Waals surface area contributed by atoms with E-state index in [0.717, 1.165) is 12.8 Å². The van der Waals surface area contributed by atoms with E-state index in [4.69, 9.17) is 0 Å². The van der Waals surface area contributed by atoms with E-state index in [1.807, 2.05) is 6.92 Å². The third-order valence-electron chi connectivity index (χ3n) is 3.33. The molecule has 0 radical (unpaired) electrons. The summed E-state index contributed by atoms with van der Waals surface area (Å²) >= 11 is 0. The predicted octanol–water partition coefficient (Wildman–Crippen LogP) is 0.276. The molecule has 0 bridgehead atoms. The lowest BCUT2D eigenvalue weighted by molar-refractivity contribution is -0.138. The molecule has 1 heterocycles. The molecule has 5 nitrogen and oxygen atoms in total. The number of piperidine rings is 1. The van der Waals surface area contributed by atoms with Gasteiger partial charge in [-0.2, -0.15) is 0 Å². The van der Waals surface area contributed by atoms with Gasteiger partial charge < -0.3 is 15.3 Å². The third kappa shape index (κ3) is 4.00. The van der Waals surface area contributed by atoms with Gasteiger partial charge in [0.15, 0.2) is 0 Å². The summed E-state index contributed by atoms with van der Waals surface area (Å²) < 4.78 is 0. The van der Waals surface area contributed by atoms with Crippen molar-refractivity contribution in [3.05, 3.63) is 0 Å². The fourth-order valence-corrected chi connectivity index (χ4v) is 1.82. The molecule has 1 saturated heterocycles. The summed E-state index contributed by atoms with van der Waals surface area (Å²) in [6.07, 6.45) is 3.08. The highest BCUT2D eigenvalue weighted by Gasteiger charge is 2.26. The van der Waals surface area contributed by atoms with Crippen molar-refractivity contribution >= 4 is 11.8 Å². The van der Waals surface area contributed by atoms with Crippen molar-refractivity contribution in [3.8, 4) is 0 Å². The third-order valence-corrected chi connectivity index (χ3v) is 3.33. The minimum atomic E-state index is -0.587. The average Bonchev–Trinajstić information content (AvgIpc) is 2.32. The number of amides is 2. The first-order chi connectivity index (χ1) is 8.00. The quantitative estimate of drug-likeness (QED) is 0.727. The monoisotopic (exact) mass is 242 g/mol. The first-order valence-electron chi connectivity index (χ1n) is 6.20. The van der Waals surface area contributed by atoms with Crippen molar-refractivity contribution in [3.63, 3.8) is 0 Å². The Hall–Kier alpha value is -1.10. The molecule has 2 amide bonds. The Bertz CT molecular complexity index is 287. The highest BCUT2D eigenvalue weighted by atomic mass is 16.3. The highest BCUT2D eigenvalue weighted by molar-refractivity contribution is 5.85. The first-order valence-corrected chi connectivity index (χ1v) is 6.20. The van der Waals surface area contributed by atoms with Crippen molar-refractivity contribution in [2.45, 2.75) is 45.1 Å². The van der Waals surface area contributed by atoms with Gasteiger partial charge in [0.1, 0.15) is 0 Å². The smallest absolute Gasteiger partial charge is 0.240 e. The summed E-state index contributed by atoms with van der Waals surface area (Å²) in [5.41, 5.74) is -0.587. The van der Waals surface area contributed by atoms with Crippen molar-refractivity contribution < 1.29 is 14.7 Å². The van der Waals surface area contributed by atoms with Gasteiger partial charge in [0.25, 0.3) is 0 Å². The Balaban J connectivity index is 2.46. The number of hydrogen-bond donors (Lipinski definition) is 2. The van der Waals surface area contributed by atoms with E-state index in [2.05, 4.69) is 5.32 Å². The molecule has 0 aromatic carbocycles. The van der Waals surface area contributed by atoms with Crippen LogP contribution in [-0.2, 0) is 9.59 Å². The molecule has 1 fully saturated rings. The van der Waals surface area contributed by atoms with E-state index in [9.17, 15) is 14.7 Å². The first kappa shape index (κ1) is 14.0. The van der Waals surface area contributed by atoms with Crippen molar-refractivity contribution in [1.29, 1.82) is 0 Å². The zero-order valence-electron chi connectivity index (χ0n) is 10.7. The molecule has 17 heavy (non-hydrogen) atoms. The van der Waals surface area contributed by atoms with Crippen molar-refractivity contribution in [2.75, 3.05) is 19.7 Å². The molecule has 98 valence electrons. The Morgan fingerprint density at radius 3 is 2.76 bits per heavy atom. The highest BCUT2D eigenvalue weighted by Crippen LogP contribution is 2.11. The second kappa shape index (κ2) is 6.00. The maximum atomic E-state index is 11.8. The van der Waals surface area contributed by atoms with Gasteiger partial charge in [0.2, 0.25) is 11.8 Å². The van der Waals surface area contributed by atoms with E-state index < -0.39 is 5.54 Å². The molecule has 0 aromatic heterocycles. The van der Waals surface area contributed by atoms with Gasteiger partial charge in [-0.3, -0.25) is 9.59 Å². The van der Waals surface area contributed by atoms with E-state index in [1.165, 1.54) is 0 Å². The van der Waals surface area contributed by atoms with Gasteiger partial charge in [-0.05, 0) is 26.2 Å². The largest absolute Gasteiger partial charge is 0.394 e.